The van der Waals surface area contributed by atoms with Gasteiger partial charge in [-0.25, -0.2) is 14.3 Å². The van der Waals surface area contributed by atoms with E-state index in [1.165, 1.54) is 4.57 Å². The predicted octanol–water partition coefficient (Wildman–Crippen LogP) is 2.22. The van der Waals surface area contributed by atoms with Crippen molar-refractivity contribution in [2.45, 2.75) is 19.2 Å². The number of ether oxygens (including phenoxy) is 2. The van der Waals surface area contributed by atoms with Crippen molar-refractivity contribution in [3.8, 4) is 17.1 Å². The van der Waals surface area contributed by atoms with Crippen LogP contribution >= 0.6 is 23.2 Å². The second-order valence-corrected chi connectivity index (χ2v) is 9.06. The second-order valence-electron chi connectivity index (χ2n) is 8.22. The minimum absolute atomic E-state index is 0.0496. The van der Waals surface area contributed by atoms with Crippen molar-refractivity contribution in [2.75, 3.05) is 19.8 Å². The molecule has 2 aromatic heterocycles. The van der Waals surface area contributed by atoms with Gasteiger partial charge in [0.25, 0.3) is 5.56 Å². The van der Waals surface area contributed by atoms with Gasteiger partial charge < -0.3 is 15.2 Å². The lowest BCUT2D eigenvalue weighted by Crippen LogP contribution is -2.45. The summed E-state index contributed by atoms with van der Waals surface area (Å²) in [7, 11) is 0. The molecule has 10 nitrogen and oxygen atoms in total. The maximum atomic E-state index is 13.7. The van der Waals surface area contributed by atoms with Crippen LogP contribution in [-0.4, -0.2) is 50.5 Å². The number of nitrogens with zero attached hydrogens (tertiary/aromatic N) is 4. The number of nitrogens with two attached hydrogens (primary N) is 1. The minimum atomic E-state index is -0.832. The fourth-order valence-electron chi connectivity index (χ4n) is 4.21. The summed E-state index contributed by atoms with van der Waals surface area (Å²) in [4.78, 5) is 43.7. The van der Waals surface area contributed by atoms with Crippen molar-refractivity contribution in [3.63, 3.8) is 0 Å². The molecule has 12 heteroatoms. The molecule has 1 amide bonds. The molecule has 1 fully saturated rings. The zero-order valence-electron chi connectivity index (χ0n) is 18.9. The number of primary amides is 1. The van der Waals surface area contributed by atoms with Crippen molar-refractivity contribution in [3.05, 3.63) is 79.4 Å². The fourth-order valence-corrected chi connectivity index (χ4v) is 4.56. The molecule has 36 heavy (non-hydrogen) atoms. The quantitative estimate of drug-likeness (QED) is 0.408. The van der Waals surface area contributed by atoms with E-state index in [0.717, 1.165) is 4.57 Å². The van der Waals surface area contributed by atoms with Crippen LogP contribution in [0.1, 0.15) is 0 Å². The summed E-state index contributed by atoms with van der Waals surface area (Å²) >= 11 is 12.6. The zero-order chi connectivity index (χ0) is 25.4. The van der Waals surface area contributed by atoms with E-state index in [1.54, 1.807) is 53.1 Å². The Morgan fingerprint density at radius 1 is 1.06 bits per heavy atom. The highest BCUT2D eigenvalue weighted by molar-refractivity contribution is 6.33. The lowest BCUT2D eigenvalue weighted by Gasteiger charge is -2.24. The first kappa shape index (κ1) is 24.3. The van der Waals surface area contributed by atoms with Crippen LogP contribution in [0.4, 0.5) is 0 Å². The molecule has 0 spiro atoms. The minimum Gasteiger partial charge on any atom is -0.376 e. The number of hydrogen-bond donors (Lipinski definition) is 1. The van der Waals surface area contributed by atoms with Gasteiger partial charge in [-0.3, -0.25) is 18.7 Å². The van der Waals surface area contributed by atoms with E-state index >= 15 is 0 Å². The third kappa shape index (κ3) is 4.44. The van der Waals surface area contributed by atoms with Crippen LogP contribution in [0.5, 0.6) is 0 Å². The highest BCUT2D eigenvalue weighted by atomic mass is 35.5. The van der Waals surface area contributed by atoms with E-state index in [0.29, 0.717) is 40.3 Å². The van der Waals surface area contributed by atoms with Crippen molar-refractivity contribution in [1.82, 2.24) is 18.7 Å². The molecule has 0 unspecified atom stereocenters. The van der Waals surface area contributed by atoms with Crippen LogP contribution in [-0.2, 0) is 27.4 Å². The van der Waals surface area contributed by atoms with E-state index in [1.807, 2.05) is 0 Å². The largest absolute Gasteiger partial charge is 0.376 e. The lowest BCUT2D eigenvalue weighted by molar-refractivity contribution is -0.118. The van der Waals surface area contributed by atoms with Gasteiger partial charge in [0, 0.05) is 16.3 Å². The second kappa shape index (κ2) is 9.90. The summed E-state index contributed by atoms with van der Waals surface area (Å²) in [6, 6.07) is 13.8. The van der Waals surface area contributed by atoms with Crippen molar-refractivity contribution < 1.29 is 14.3 Å². The average Bonchev–Trinajstić information content (AvgIpc) is 3.26. The highest BCUT2D eigenvalue weighted by Crippen LogP contribution is 2.32. The fraction of sp³-hybridized carbons (Fsp3) is 0.250. The highest BCUT2D eigenvalue weighted by Gasteiger charge is 2.27. The molecule has 5 rings (SSSR count). The number of hydrogen-bond acceptors (Lipinski definition) is 6. The summed E-state index contributed by atoms with van der Waals surface area (Å²) in [6.45, 7) is 0.534. The van der Waals surface area contributed by atoms with E-state index in [2.05, 4.69) is 0 Å². The number of benzene rings is 2. The molecular weight excluding hydrogens is 509 g/mol. The van der Waals surface area contributed by atoms with Gasteiger partial charge >= 0.3 is 5.69 Å². The molecule has 1 aliphatic rings. The van der Waals surface area contributed by atoms with Crippen LogP contribution in [0, 0.1) is 0 Å². The summed E-state index contributed by atoms with van der Waals surface area (Å²) < 4.78 is 14.9. The number of halogens is 2. The number of fused-ring (bicyclic) bond motifs is 1. The Morgan fingerprint density at radius 3 is 2.47 bits per heavy atom. The number of rotatable bonds is 6. The molecule has 1 atom stereocenters. The molecule has 1 saturated heterocycles. The molecule has 4 aromatic rings. The first-order valence-corrected chi connectivity index (χ1v) is 11.9. The van der Waals surface area contributed by atoms with E-state index in [9.17, 15) is 14.4 Å². The Kier molecular flexibility index (Phi) is 6.67. The number of amides is 1. The van der Waals surface area contributed by atoms with Gasteiger partial charge in [0.05, 0.1) is 37.5 Å². The maximum absolute atomic E-state index is 13.7. The Bertz CT molecular complexity index is 1570. The van der Waals surface area contributed by atoms with E-state index < -0.39 is 29.8 Å². The third-order valence-corrected chi connectivity index (χ3v) is 6.39. The predicted molar refractivity (Wildman–Crippen MR) is 135 cm³/mol. The normalized spacial score (nSPS) is 15.9. The first-order valence-electron chi connectivity index (χ1n) is 11.1. The summed E-state index contributed by atoms with van der Waals surface area (Å²) in [5.41, 5.74) is 5.22. The molecule has 1 aliphatic heterocycles. The van der Waals surface area contributed by atoms with Gasteiger partial charge in [-0.2, -0.15) is 0 Å². The molecule has 2 N–H and O–H groups in total. The first-order chi connectivity index (χ1) is 17.3. The van der Waals surface area contributed by atoms with Crippen molar-refractivity contribution in [2.24, 2.45) is 5.73 Å². The molecule has 2 aromatic carbocycles. The Labute approximate surface area is 214 Å². The molecular formula is C24H21Cl2N5O5. The van der Waals surface area contributed by atoms with Crippen molar-refractivity contribution >= 4 is 40.3 Å². The molecule has 0 saturated carbocycles. The van der Waals surface area contributed by atoms with Crippen LogP contribution < -0.4 is 17.0 Å². The standard InChI is InChI=1S/C24H21Cl2N5O5/c25-14-5-7-15(8-6-14)31-20-22(28-21(31)17-3-1-2-4-18(17)26)29(11-16-13-35-9-10-36-16)24(34)30(23(20)33)12-19(27)32/h1-8,16H,9-13H2,(H2,27,32)/t16-/m0/s1. The number of aromatic nitrogens is 4. The Balaban J connectivity index is 1.88. The Hall–Kier alpha value is -3.44. The Morgan fingerprint density at radius 2 is 1.81 bits per heavy atom. The van der Waals surface area contributed by atoms with Gasteiger partial charge in [0.2, 0.25) is 5.91 Å². The van der Waals surface area contributed by atoms with Gasteiger partial charge in [-0.15, -0.1) is 0 Å². The number of carbonyl (C=O) groups excluding carboxylic acids is 1. The summed E-state index contributed by atoms with van der Waals surface area (Å²) in [5, 5.41) is 0.901. The summed E-state index contributed by atoms with van der Waals surface area (Å²) in [6.07, 6.45) is -0.455. The lowest BCUT2D eigenvalue weighted by atomic mass is 10.2. The van der Waals surface area contributed by atoms with Crippen LogP contribution in [0.15, 0.2) is 58.1 Å². The average molecular weight is 530 g/mol. The van der Waals surface area contributed by atoms with E-state index in [-0.39, 0.29) is 24.3 Å². The van der Waals surface area contributed by atoms with Gasteiger partial charge in [0.1, 0.15) is 12.4 Å². The van der Waals surface area contributed by atoms with E-state index in [4.69, 9.17) is 43.4 Å². The molecule has 0 aliphatic carbocycles. The topological polar surface area (TPSA) is 123 Å². The van der Waals surface area contributed by atoms with Crippen LogP contribution in [0.2, 0.25) is 10.0 Å². The van der Waals surface area contributed by atoms with Crippen LogP contribution in [0.3, 0.4) is 0 Å². The third-order valence-electron chi connectivity index (χ3n) is 5.81. The van der Waals surface area contributed by atoms with Gasteiger partial charge in [0.15, 0.2) is 11.2 Å². The van der Waals surface area contributed by atoms with Gasteiger partial charge in [-0.1, -0.05) is 35.3 Å². The zero-order valence-corrected chi connectivity index (χ0v) is 20.4. The molecule has 0 radical (unpaired) electrons. The number of imidazole rings is 1. The summed E-state index contributed by atoms with van der Waals surface area (Å²) in [5.74, 6) is -0.498. The molecule has 0 bridgehead atoms. The smallest absolute Gasteiger partial charge is 0.333 e. The SMILES string of the molecule is NC(=O)Cn1c(=O)c2c(nc(-c3ccccc3Cl)n2-c2ccc(Cl)cc2)n(C[C@H]2COCCO2)c1=O. The molecule has 3 heterocycles. The van der Waals surface area contributed by atoms with Gasteiger partial charge in [-0.05, 0) is 36.4 Å². The van der Waals surface area contributed by atoms with Crippen LogP contribution in [0.25, 0.3) is 28.2 Å². The molecule has 186 valence electrons. The van der Waals surface area contributed by atoms with Crippen molar-refractivity contribution in [1.29, 1.82) is 0 Å². The number of carbonyl (C=O) groups is 1. The maximum Gasteiger partial charge on any atom is 0.333 e. The monoisotopic (exact) mass is 529 g/mol.